The molecule has 2 rings (SSSR count). The quantitative estimate of drug-likeness (QED) is 0.493. The smallest absolute Gasteiger partial charge is 0.375 e. The number of carbonyl (C=O) groups excluding carboxylic acids is 1. The van der Waals surface area contributed by atoms with E-state index >= 15 is 0 Å². The maximum Gasteiger partial charge on any atom is 0.375 e. The van der Waals surface area contributed by atoms with Crippen molar-refractivity contribution in [3.63, 3.8) is 0 Å². The normalized spacial score (nSPS) is 10.6. The van der Waals surface area contributed by atoms with Crippen molar-refractivity contribution in [1.29, 1.82) is 0 Å². The van der Waals surface area contributed by atoms with E-state index in [0.29, 0.717) is 5.16 Å². The van der Waals surface area contributed by atoms with Gasteiger partial charge in [0.15, 0.2) is 5.16 Å². The maximum atomic E-state index is 11.9. The van der Waals surface area contributed by atoms with Crippen LogP contribution in [0.5, 0.6) is 0 Å². The highest BCUT2D eigenvalue weighted by molar-refractivity contribution is 8.13. The molecule has 1 heterocycles. The molecule has 0 aliphatic heterocycles. The van der Waals surface area contributed by atoms with E-state index in [-0.39, 0.29) is 18.2 Å². The Kier molecular flexibility index (Phi) is 5.16. The molecule has 0 bridgehead atoms. The molecule has 0 atom stereocenters. The van der Waals surface area contributed by atoms with E-state index in [1.54, 1.807) is 10.8 Å². The summed E-state index contributed by atoms with van der Waals surface area (Å²) in [5, 5.41) is -0.137. The van der Waals surface area contributed by atoms with Gasteiger partial charge in [-0.25, -0.2) is 4.79 Å². The molecule has 1 aromatic carbocycles. The number of hydrogen-bond donors (Lipinski definition) is 0. The summed E-state index contributed by atoms with van der Waals surface area (Å²) in [7, 11) is 0. The van der Waals surface area contributed by atoms with Gasteiger partial charge >= 0.3 is 5.30 Å². The largest absolute Gasteiger partial charge is 0.452 e. The molecule has 6 heteroatoms. The third-order valence-corrected chi connectivity index (χ3v) is 3.50. The molecule has 0 saturated carbocycles. The molecule has 0 radical (unpaired) electrons. The van der Waals surface area contributed by atoms with Crippen molar-refractivity contribution in [2.75, 3.05) is 0 Å². The molecule has 0 aliphatic rings. The van der Waals surface area contributed by atoms with Gasteiger partial charge in [0.25, 0.3) is 5.56 Å². The minimum atomic E-state index is -0.480. The van der Waals surface area contributed by atoms with Crippen molar-refractivity contribution in [2.24, 2.45) is 0 Å². The highest BCUT2D eigenvalue weighted by Gasteiger charge is 2.13. The highest BCUT2D eigenvalue weighted by Crippen LogP contribution is 2.20. The molecule has 0 saturated heterocycles. The third-order valence-electron chi connectivity index (χ3n) is 2.73. The number of nitrogens with zero attached hydrogens (tertiary/aromatic N) is 2. The Balaban J connectivity index is 2.02. The van der Waals surface area contributed by atoms with Gasteiger partial charge in [0.05, 0.1) is 0 Å². The van der Waals surface area contributed by atoms with Gasteiger partial charge in [-0.15, -0.1) is 0 Å². The Morgan fingerprint density at radius 2 is 2.00 bits per heavy atom. The van der Waals surface area contributed by atoms with Gasteiger partial charge < -0.3 is 9.30 Å². The molecular weight excluding hydrogens is 288 g/mol. The number of aromatic nitrogens is 2. The number of carbonyl (C=O) groups is 1. The van der Waals surface area contributed by atoms with Crippen LogP contribution in [0.1, 0.15) is 25.5 Å². The lowest BCUT2D eigenvalue weighted by Gasteiger charge is -2.14. The summed E-state index contributed by atoms with van der Waals surface area (Å²) in [5.41, 5.74) is 0.541. The first-order valence-corrected chi connectivity index (χ1v) is 7.35. The second kappa shape index (κ2) is 7.08. The number of benzene rings is 1. The standard InChI is InChI=1S/C15H16N2O3S/c1-11(2)17-9-8-13(18)16-14(17)21-15(19)20-10-12-6-4-3-5-7-12/h3-9,11H,10H2,1-2H3. The zero-order valence-corrected chi connectivity index (χ0v) is 12.7. The van der Waals surface area contributed by atoms with Crippen LogP contribution in [-0.4, -0.2) is 14.9 Å². The number of hydrogen-bond acceptors (Lipinski definition) is 5. The fourth-order valence-corrected chi connectivity index (χ4v) is 2.47. The number of ether oxygens (including phenoxy) is 1. The summed E-state index contributed by atoms with van der Waals surface area (Å²) in [6, 6.07) is 10.9. The fraction of sp³-hybridized carbons (Fsp3) is 0.267. The van der Waals surface area contributed by atoms with E-state index in [0.717, 1.165) is 17.3 Å². The second-order valence-electron chi connectivity index (χ2n) is 4.68. The van der Waals surface area contributed by atoms with Crippen molar-refractivity contribution in [3.05, 3.63) is 58.5 Å². The minimum absolute atomic E-state index is 0.0996. The number of thioether (sulfide) groups is 1. The summed E-state index contributed by atoms with van der Waals surface area (Å²) in [6.45, 7) is 4.10. The predicted octanol–water partition coefficient (Wildman–Crippen LogP) is 3.25. The van der Waals surface area contributed by atoms with Gasteiger partial charge in [0.1, 0.15) is 6.61 Å². The minimum Gasteiger partial charge on any atom is -0.452 e. The van der Waals surface area contributed by atoms with Crippen LogP contribution in [0.4, 0.5) is 4.79 Å². The predicted molar refractivity (Wildman–Crippen MR) is 81.4 cm³/mol. The van der Waals surface area contributed by atoms with Crippen molar-refractivity contribution >= 4 is 17.1 Å². The summed E-state index contributed by atoms with van der Waals surface area (Å²) in [5.74, 6) is 0. The first-order valence-electron chi connectivity index (χ1n) is 6.54. The molecule has 0 spiro atoms. The molecule has 2 aromatic rings. The summed E-state index contributed by atoms with van der Waals surface area (Å²) in [6.07, 6.45) is 1.63. The Morgan fingerprint density at radius 1 is 1.29 bits per heavy atom. The molecular formula is C15H16N2O3S. The number of rotatable bonds is 4. The topological polar surface area (TPSA) is 61.2 Å². The van der Waals surface area contributed by atoms with Gasteiger partial charge in [-0.1, -0.05) is 30.3 Å². The zero-order valence-electron chi connectivity index (χ0n) is 11.9. The molecule has 0 N–H and O–H groups in total. The van der Waals surface area contributed by atoms with Crippen LogP contribution in [-0.2, 0) is 11.3 Å². The van der Waals surface area contributed by atoms with E-state index in [2.05, 4.69) is 4.98 Å². The van der Waals surface area contributed by atoms with Gasteiger partial charge in [0, 0.05) is 30.1 Å². The average Bonchev–Trinajstić information content (AvgIpc) is 2.46. The fourth-order valence-electron chi connectivity index (χ4n) is 1.69. The average molecular weight is 304 g/mol. The van der Waals surface area contributed by atoms with E-state index in [1.165, 1.54) is 6.07 Å². The first-order chi connectivity index (χ1) is 10.1. The first kappa shape index (κ1) is 15.3. The van der Waals surface area contributed by atoms with Gasteiger partial charge in [-0.3, -0.25) is 4.79 Å². The van der Waals surface area contributed by atoms with Gasteiger partial charge in [0.2, 0.25) is 0 Å². The summed E-state index contributed by atoms with van der Waals surface area (Å²) >= 11 is 0.823. The highest BCUT2D eigenvalue weighted by atomic mass is 32.2. The molecule has 0 aliphatic carbocycles. The molecule has 5 nitrogen and oxygen atoms in total. The Morgan fingerprint density at radius 3 is 2.67 bits per heavy atom. The monoisotopic (exact) mass is 304 g/mol. The zero-order chi connectivity index (χ0) is 15.2. The van der Waals surface area contributed by atoms with Crippen LogP contribution in [0.2, 0.25) is 0 Å². The van der Waals surface area contributed by atoms with Gasteiger partial charge in [-0.05, 0) is 19.4 Å². The SMILES string of the molecule is CC(C)n1ccc(=O)nc1SC(=O)OCc1ccccc1. The van der Waals surface area contributed by atoms with Crippen molar-refractivity contribution in [2.45, 2.75) is 31.7 Å². The van der Waals surface area contributed by atoms with Crippen LogP contribution in [0, 0.1) is 0 Å². The van der Waals surface area contributed by atoms with E-state index in [9.17, 15) is 9.59 Å². The molecule has 110 valence electrons. The van der Waals surface area contributed by atoms with Crippen LogP contribution >= 0.6 is 11.8 Å². The summed E-state index contributed by atoms with van der Waals surface area (Å²) < 4.78 is 6.94. The Hall–Kier alpha value is -2.08. The van der Waals surface area contributed by atoms with E-state index in [1.807, 2.05) is 44.2 Å². The molecule has 0 amide bonds. The maximum absolute atomic E-state index is 11.9. The molecule has 1 aromatic heterocycles. The van der Waals surface area contributed by atoms with Crippen LogP contribution in [0.25, 0.3) is 0 Å². The van der Waals surface area contributed by atoms with Crippen LogP contribution in [0.3, 0.4) is 0 Å². The van der Waals surface area contributed by atoms with Crippen molar-refractivity contribution in [3.8, 4) is 0 Å². The molecule has 0 fully saturated rings. The van der Waals surface area contributed by atoms with Crippen LogP contribution in [0.15, 0.2) is 52.5 Å². The summed E-state index contributed by atoms with van der Waals surface area (Å²) in [4.78, 5) is 27.1. The van der Waals surface area contributed by atoms with Crippen LogP contribution < -0.4 is 5.56 Å². The van der Waals surface area contributed by atoms with E-state index in [4.69, 9.17) is 4.74 Å². The Labute approximate surface area is 127 Å². The van der Waals surface area contributed by atoms with Crippen molar-refractivity contribution in [1.82, 2.24) is 9.55 Å². The van der Waals surface area contributed by atoms with Crippen molar-refractivity contribution < 1.29 is 9.53 Å². The molecule has 21 heavy (non-hydrogen) atoms. The van der Waals surface area contributed by atoms with E-state index < -0.39 is 5.30 Å². The lowest BCUT2D eigenvalue weighted by molar-refractivity contribution is 0.168. The lowest BCUT2D eigenvalue weighted by atomic mass is 10.2. The third kappa shape index (κ3) is 4.46. The second-order valence-corrected chi connectivity index (χ2v) is 5.58. The lowest BCUT2D eigenvalue weighted by Crippen LogP contribution is -2.15. The molecule has 0 unspecified atom stereocenters. The Bertz CT molecular complexity index is 668. The van der Waals surface area contributed by atoms with Gasteiger partial charge in [-0.2, -0.15) is 4.98 Å².